The Labute approximate surface area is 300 Å². The van der Waals surface area contributed by atoms with Gasteiger partial charge in [0.1, 0.15) is 22.5 Å². The van der Waals surface area contributed by atoms with Crippen molar-refractivity contribution < 1.29 is 8.83 Å². The maximum atomic E-state index is 6.35. The van der Waals surface area contributed by atoms with Gasteiger partial charge >= 0.3 is 0 Å². The van der Waals surface area contributed by atoms with Crippen molar-refractivity contribution in [3.8, 4) is 44.5 Å². The molecule has 1 aliphatic rings. The Morgan fingerprint density at radius 2 is 0.942 bits per heavy atom. The van der Waals surface area contributed by atoms with Crippen LogP contribution in [0, 0.1) is 0 Å². The second kappa shape index (κ2) is 11.4. The molecule has 8 aromatic carbocycles. The minimum Gasteiger partial charge on any atom is -0.460 e. The summed E-state index contributed by atoms with van der Waals surface area (Å²) >= 11 is 0. The van der Waals surface area contributed by atoms with Crippen molar-refractivity contribution in [2.75, 3.05) is 0 Å². The zero-order valence-electron chi connectivity index (χ0n) is 28.4. The molecule has 0 bridgehead atoms. The van der Waals surface area contributed by atoms with E-state index in [0.717, 1.165) is 51.7 Å². The van der Waals surface area contributed by atoms with Gasteiger partial charge < -0.3 is 8.83 Å². The van der Waals surface area contributed by atoms with Gasteiger partial charge in [0.25, 0.3) is 0 Å². The molecule has 0 N–H and O–H groups in total. The van der Waals surface area contributed by atoms with Crippen molar-refractivity contribution in [3.63, 3.8) is 0 Å². The van der Waals surface area contributed by atoms with E-state index in [4.69, 9.17) is 8.83 Å². The fourth-order valence-electron chi connectivity index (χ4n) is 8.63. The van der Waals surface area contributed by atoms with Crippen molar-refractivity contribution >= 4 is 60.5 Å². The van der Waals surface area contributed by atoms with Crippen LogP contribution in [0.1, 0.15) is 17.7 Å². The molecule has 0 spiro atoms. The van der Waals surface area contributed by atoms with E-state index in [1.54, 1.807) is 0 Å². The Bertz CT molecular complexity index is 3050. The molecule has 0 radical (unpaired) electrons. The lowest BCUT2D eigenvalue weighted by molar-refractivity contribution is 0.546. The summed E-state index contributed by atoms with van der Waals surface area (Å²) in [6.07, 6.45) is 6.46. The molecule has 0 amide bonds. The minimum absolute atomic E-state index is 0.901. The standard InChI is InChI=1S/C50H32O2/c1-3-13-31(14-4-1)47-39-21-11-19-35(33-25-27-45-41(29-33)37-17-7-9-23-43(37)51-45)49(39)48(32-15-5-2-6-16-32)50-36(20-12-22-40(47)50)34-26-28-46-42(30-34)38-18-8-10-24-44(38)52-46/h1-9,11-23,25-30H,10,24H2. The van der Waals surface area contributed by atoms with Gasteiger partial charge in [-0.15, -0.1) is 0 Å². The zero-order chi connectivity index (χ0) is 34.2. The Balaban J connectivity index is 1.31. The highest BCUT2D eigenvalue weighted by molar-refractivity contribution is 6.27. The molecule has 2 heterocycles. The Kier molecular flexibility index (Phi) is 6.41. The maximum Gasteiger partial charge on any atom is 0.135 e. The lowest BCUT2D eigenvalue weighted by Gasteiger charge is -2.22. The highest BCUT2D eigenvalue weighted by Crippen LogP contribution is 2.50. The number of benzene rings is 8. The largest absolute Gasteiger partial charge is 0.460 e. The van der Waals surface area contributed by atoms with Crippen LogP contribution in [0.3, 0.4) is 0 Å². The number of furan rings is 2. The lowest BCUT2D eigenvalue weighted by Crippen LogP contribution is -1.95. The Hall–Kier alpha value is -6.64. The molecule has 0 saturated carbocycles. The van der Waals surface area contributed by atoms with Gasteiger partial charge in [0, 0.05) is 28.1 Å². The van der Waals surface area contributed by atoms with Crippen molar-refractivity contribution in [2.24, 2.45) is 0 Å². The van der Waals surface area contributed by atoms with Crippen LogP contribution >= 0.6 is 0 Å². The van der Waals surface area contributed by atoms with E-state index in [1.807, 2.05) is 12.1 Å². The highest BCUT2D eigenvalue weighted by Gasteiger charge is 2.23. The second-order valence-electron chi connectivity index (χ2n) is 13.8. The van der Waals surface area contributed by atoms with E-state index < -0.39 is 0 Å². The topological polar surface area (TPSA) is 26.3 Å². The summed E-state index contributed by atoms with van der Waals surface area (Å²) in [5, 5.41) is 8.38. The first-order valence-electron chi connectivity index (χ1n) is 18.1. The third-order valence-electron chi connectivity index (χ3n) is 10.9. The van der Waals surface area contributed by atoms with E-state index in [9.17, 15) is 0 Å². The van der Waals surface area contributed by atoms with Crippen LogP contribution in [0.15, 0.2) is 173 Å². The number of hydrogen-bond acceptors (Lipinski definition) is 2. The molecule has 2 aromatic heterocycles. The third-order valence-corrected chi connectivity index (χ3v) is 10.9. The molecule has 0 fully saturated rings. The summed E-state index contributed by atoms with van der Waals surface area (Å²) in [5.41, 5.74) is 13.6. The molecule has 0 atom stereocenters. The monoisotopic (exact) mass is 664 g/mol. The van der Waals surface area contributed by atoms with Gasteiger partial charge in [-0.05, 0) is 103 Å². The van der Waals surface area contributed by atoms with Gasteiger partial charge in [-0.1, -0.05) is 140 Å². The van der Waals surface area contributed by atoms with Crippen LogP contribution in [0.4, 0.5) is 0 Å². The minimum atomic E-state index is 0.901. The summed E-state index contributed by atoms with van der Waals surface area (Å²) in [6.45, 7) is 0. The fourth-order valence-corrected chi connectivity index (χ4v) is 8.63. The van der Waals surface area contributed by atoms with Gasteiger partial charge in [0.2, 0.25) is 0 Å². The van der Waals surface area contributed by atoms with Crippen molar-refractivity contribution in [1.82, 2.24) is 0 Å². The first kappa shape index (κ1) is 29.1. The van der Waals surface area contributed by atoms with Gasteiger partial charge in [-0.2, -0.15) is 0 Å². The lowest BCUT2D eigenvalue weighted by atomic mass is 9.80. The first-order valence-corrected chi connectivity index (χ1v) is 18.1. The molecule has 1 aliphatic carbocycles. The van der Waals surface area contributed by atoms with E-state index >= 15 is 0 Å². The van der Waals surface area contributed by atoms with Crippen LogP contribution in [0.25, 0.3) is 105 Å². The molecule has 11 rings (SSSR count). The second-order valence-corrected chi connectivity index (χ2v) is 13.8. The predicted molar refractivity (Wildman–Crippen MR) is 218 cm³/mol. The smallest absolute Gasteiger partial charge is 0.135 e. The third kappa shape index (κ3) is 4.37. The molecule has 2 nitrogen and oxygen atoms in total. The average molecular weight is 665 g/mol. The summed E-state index contributed by atoms with van der Waals surface area (Å²) < 4.78 is 12.6. The van der Waals surface area contributed by atoms with Crippen molar-refractivity contribution in [1.29, 1.82) is 0 Å². The molecule has 0 aliphatic heterocycles. The van der Waals surface area contributed by atoms with E-state index in [-0.39, 0.29) is 0 Å². The number of allylic oxidation sites excluding steroid dienone is 1. The summed E-state index contributed by atoms with van der Waals surface area (Å²) in [4.78, 5) is 0. The normalized spacial score (nSPS) is 12.8. The van der Waals surface area contributed by atoms with Crippen LogP contribution in [-0.2, 0) is 6.42 Å². The van der Waals surface area contributed by atoms with E-state index in [0.29, 0.717) is 0 Å². The fraction of sp³-hybridized carbons (Fsp3) is 0.0400. The van der Waals surface area contributed by atoms with E-state index in [1.165, 1.54) is 71.4 Å². The molecule has 0 saturated heterocycles. The number of fused-ring (bicyclic) bond motifs is 8. The zero-order valence-corrected chi connectivity index (χ0v) is 28.4. The number of para-hydroxylation sites is 1. The summed E-state index contributed by atoms with van der Waals surface area (Å²) in [5.74, 6) is 1.09. The number of rotatable bonds is 4. The van der Waals surface area contributed by atoms with Crippen LogP contribution < -0.4 is 0 Å². The van der Waals surface area contributed by atoms with E-state index in [2.05, 4.69) is 158 Å². The van der Waals surface area contributed by atoms with Gasteiger partial charge in [-0.3, -0.25) is 0 Å². The molecule has 244 valence electrons. The maximum absolute atomic E-state index is 6.35. The number of hydrogen-bond donors (Lipinski definition) is 0. The Morgan fingerprint density at radius 1 is 0.385 bits per heavy atom. The molecule has 52 heavy (non-hydrogen) atoms. The summed E-state index contributed by atoms with van der Waals surface area (Å²) in [7, 11) is 0. The van der Waals surface area contributed by atoms with Gasteiger partial charge in [0.05, 0.1) is 0 Å². The first-order chi connectivity index (χ1) is 25.8. The average Bonchev–Trinajstić information content (AvgIpc) is 3.78. The van der Waals surface area contributed by atoms with Crippen molar-refractivity contribution in [3.05, 3.63) is 175 Å². The highest BCUT2D eigenvalue weighted by atomic mass is 16.3. The van der Waals surface area contributed by atoms with Crippen LogP contribution in [0.2, 0.25) is 0 Å². The number of aryl methyl sites for hydroxylation is 1. The van der Waals surface area contributed by atoms with Crippen LogP contribution in [-0.4, -0.2) is 0 Å². The SMILES string of the molecule is C1=Cc2c(oc3ccc(-c4cccc5c(-c6ccccc6)c6cccc(-c7ccc8oc9ccccc9c8c7)c6c(-c6ccccc6)c45)cc23)CC1. The van der Waals surface area contributed by atoms with Gasteiger partial charge in [0.15, 0.2) is 0 Å². The molecule has 0 unspecified atom stereocenters. The quantitative estimate of drug-likeness (QED) is 0.175. The molecular formula is C50H32O2. The molecular weight excluding hydrogens is 633 g/mol. The van der Waals surface area contributed by atoms with Crippen LogP contribution in [0.5, 0.6) is 0 Å². The van der Waals surface area contributed by atoms with Gasteiger partial charge in [-0.25, -0.2) is 0 Å². The van der Waals surface area contributed by atoms with Crippen molar-refractivity contribution in [2.45, 2.75) is 12.8 Å². The summed E-state index contributed by atoms with van der Waals surface area (Å²) in [6, 6.07) is 57.2. The Morgan fingerprint density at radius 3 is 1.63 bits per heavy atom. The molecule has 2 heteroatoms. The molecule has 10 aromatic rings. The predicted octanol–water partition coefficient (Wildman–Crippen LogP) is 14.3.